The Kier molecular flexibility index (Phi) is 1.48. The van der Waals surface area contributed by atoms with Crippen LogP contribution in [0.15, 0.2) is 6.20 Å². The van der Waals surface area contributed by atoms with Gasteiger partial charge in [-0.2, -0.15) is 5.10 Å². The van der Waals surface area contributed by atoms with E-state index in [2.05, 4.69) is 16.4 Å². The zero-order chi connectivity index (χ0) is 6.69. The van der Waals surface area contributed by atoms with E-state index in [1.54, 1.807) is 0 Å². The summed E-state index contributed by atoms with van der Waals surface area (Å²) in [6, 6.07) is 0. The van der Waals surface area contributed by atoms with Gasteiger partial charge < -0.3 is 5.11 Å². The lowest BCUT2D eigenvalue weighted by atomic mass is 10.3. The molecule has 0 saturated heterocycles. The molecule has 0 unspecified atom stereocenters. The summed E-state index contributed by atoms with van der Waals surface area (Å²) in [4.78, 5) is 10.0. The highest BCUT2D eigenvalue weighted by atomic mass is 16.4. The van der Waals surface area contributed by atoms with Gasteiger partial charge in [0.2, 0.25) is 0 Å². The number of rotatable bonds is 2. The minimum Gasteiger partial charge on any atom is -0.481 e. The molecule has 4 heteroatoms. The smallest absolute Gasteiger partial charge is 0.307 e. The van der Waals surface area contributed by atoms with Gasteiger partial charge in [0.15, 0.2) is 0 Å². The maximum Gasteiger partial charge on any atom is 0.307 e. The highest BCUT2D eigenvalue weighted by Gasteiger charge is 1.99. The number of carboxylic acids is 1. The van der Waals surface area contributed by atoms with Crippen LogP contribution in [0.1, 0.15) is 5.56 Å². The number of nitrogens with one attached hydrogen (secondary N) is 1. The lowest BCUT2D eigenvalue weighted by Crippen LogP contribution is -1.98. The van der Waals surface area contributed by atoms with E-state index in [0.717, 1.165) is 0 Å². The van der Waals surface area contributed by atoms with Crippen molar-refractivity contribution in [3.8, 4) is 0 Å². The minimum absolute atomic E-state index is 0.0174. The van der Waals surface area contributed by atoms with Crippen LogP contribution >= 0.6 is 0 Å². The summed E-state index contributed by atoms with van der Waals surface area (Å²) in [6.07, 6.45) is 3.97. The number of carboxylic acid groups (broad SMARTS) is 1. The third-order valence-electron chi connectivity index (χ3n) is 0.845. The highest BCUT2D eigenvalue weighted by molar-refractivity contribution is 5.69. The number of aromatic nitrogens is 2. The first-order chi connectivity index (χ1) is 4.29. The van der Waals surface area contributed by atoms with Gasteiger partial charge in [-0.3, -0.25) is 9.89 Å². The second-order valence-corrected chi connectivity index (χ2v) is 1.59. The van der Waals surface area contributed by atoms with Crippen LogP contribution in [0.5, 0.6) is 0 Å². The Morgan fingerprint density at radius 2 is 2.78 bits per heavy atom. The van der Waals surface area contributed by atoms with Crippen molar-refractivity contribution < 1.29 is 9.90 Å². The van der Waals surface area contributed by atoms with E-state index in [4.69, 9.17) is 5.11 Å². The van der Waals surface area contributed by atoms with Gasteiger partial charge in [0.1, 0.15) is 6.20 Å². The fraction of sp³-hybridized carbons (Fsp3) is 0.200. The molecular formula is C5H5N2O2. The molecule has 0 spiro atoms. The van der Waals surface area contributed by atoms with Crippen molar-refractivity contribution >= 4 is 5.97 Å². The third kappa shape index (κ3) is 1.56. The van der Waals surface area contributed by atoms with E-state index in [-0.39, 0.29) is 6.42 Å². The van der Waals surface area contributed by atoms with Gasteiger partial charge in [-0.1, -0.05) is 0 Å². The second-order valence-electron chi connectivity index (χ2n) is 1.59. The van der Waals surface area contributed by atoms with Crippen LogP contribution in [-0.2, 0) is 11.2 Å². The Morgan fingerprint density at radius 3 is 3.22 bits per heavy atom. The predicted molar refractivity (Wildman–Crippen MR) is 28.8 cm³/mol. The molecule has 0 amide bonds. The van der Waals surface area contributed by atoms with Gasteiger partial charge in [0.05, 0.1) is 6.42 Å². The summed E-state index contributed by atoms with van der Waals surface area (Å²) >= 11 is 0. The molecule has 0 saturated carbocycles. The van der Waals surface area contributed by atoms with Crippen molar-refractivity contribution in [1.82, 2.24) is 10.2 Å². The molecule has 47 valence electrons. The first-order valence-electron chi connectivity index (χ1n) is 2.41. The number of hydrogen-bond acceptors (Lipinski definition) is 2. The average Bonchev–Trinajstić information content (AvgIpc) is 2.15. The largest absolute Gasteiger partial charge is 0.481 e. The fourth-order valence-electron chi connectivity index (χ4n) is 0.500. The van der Waals surface area contributed by atoms with Crippen LogP contribution in [0.3, 0.4) is 0 Å². The summed E-state index contributed by atoms with van der Waals surface area (Å²) in [5.74, 6) is -0.868. The van der Waals surface area contributed by atoms with Crippen molar-refractivity contribution in [2.45, 2.75) is 6.42 Å². The van der Waals surface area contributed by atoms with Crippen molar-refractivity contribution in [2.75, 3.05) is 0 Å². The summed E-state index contributed by atoms with van der Waals surface area (Å²) < 4.78 is 0. The normalized spacial score (nSPS) is 9.33. The summed E-state index contributed by atoms with van der Waals surface area (Å²) in [5.41, 5.74) is 0.572. The predicted octanol–water partition coefficient (Wildman–Crippen LogP) is -0.163. The molecule has 1 aromatic heterocycles. The van der Waals surface area contributed by atoms with Gasteiger partial charge in [0.25, 0.3) is 0 Å². The Labute approximate surface area is 51.5 Å². The molecule has 4 nitrogen and oxygen atoms in total. The number of hydrogen-bond donors (Lipinski definition) is 2. The van der Waals surface area contributed by atoms with Crippen LogP contribution in [0, 0.1) is 6.20 Å². The molecule has 0 aromatic carbocycles. The fourth-order valence-corrected chi connectivity index (χ4v) is 0.500. The van der Waals surface area contributed by atoms with E-state index in [1.807, 2.05) is 0 Å². The van der Waals surface area contributed by atoms with E-state index in [0.29, 0.717) is 5.56 Å². The molecule has 1 rings (SSSR count). The Balaban J connectivity index is 2.58. The van der Waals surface area contributed by atoms with Gasteiger partial charge >= 0.3 is 5.97 Å². The van der Waals surface area contributed by atoms with E-state index in [9.17, 15) is 4.79 Å². The Bertz CT molecular complexity index is 193. The van der Waals surface area contributed by atoms with Crippen LogP contribution in [-0.4, -0.2) is 21.3 Å². The number of H-pyrrole nitrogens is 1. The minimum atomic E-state index is -0.868. The molecule has 1 radical (unpaired) electrons. The zero-order valence-electron chi connectivity index (χ0n) is 4.59. The average molecular weight is 125 g/mol. The van der Waals surface area contributed by atoms with Crippen LogP contribution in [0.4, 0.5) is 0 Å². The Morgan fingerprint density at radius 1 is 2.00 bits per heavy atom. The number of aromatic amines is 1. The zero-order valence-corrected chi connectivity index (χ0v) is 4.59. The molecule has 0 aliphatic carbocycles. The number of aliphatic carboxylic acids is 1. The summed E-state index contributed by atoms with van der Waals surface area (Å²) in [5, 5.41) is 14.2. The number of nitrogens with zero attached hydrogens (tertiary/aromatic N) is 1. The monoisotopic (exact) mass is 125 g/mol. The molecule has 1 aromatic rings. The van der Waals surface area contributed by atoms with Gasteiger partial charge in [-0.05, 0) is 0 Å². The van der Waals surface area contributed by atoms with Crippen molar-refractivity contribution in [1.29, 1.82) is 0 Å². The van der Waals surface area contributed by atoms with Crippen molar-refractivity contribution in [2.24, 2.45) is 0 Å². The van der Waals surface area contributed by atoms with Crippen LogP contribution in [0.2, 0.25) is 0 Å². The molecule has 0 atom stereocenters. The van der Waals surface area contributed by atoms with Crippen LogP contribution in [0.25, 0.3) is 0 Å². The summed E-state index contributed by atoms with van der Waals surface area (Å²) in [6.45, 7) is 0. The first kappa shape index (κ1) is 5.81. The molecular weight excluding hydrogens is 120 g/mol. The first-order valence-corrected chi connectivity index (χ1v) is 2.41. The van der Waals surface area contributed by atoms with Gasteiger partial charge in [0, 0.05) is 11.8 Å². The second kappa shape index (κ2) is 2.30. The number of carbonyl (C=O) groups is 1. The highest BCUT2D eigenvalue weighted by Crippen LogP contribution is 1.92. The van der Waals surface area contributed by atoms with Crippen LogP contribution < -0.4 is 0 Å². The lowest BCUT2D eigenvalue weighted by Gasteiger charge is -1.83. The van der Waals surface area contributed by atoms with E-state index in [1.165, 1.54) is 6.20 Å². The molecule has 0 bridgehead atoms. The molecule has 2 N–H and O–H groups in total. The van der Waals surface area contributed by atoms with Gasteiger partial charge in [-0.15, -0.1) is 0 Å². The SMILES string of the molecule is O=C(O)Cc1[c]n[nH]c1. The quantitative estimate of drug-likeness (QED) is 0.577. The Hall–Kier alpha value is -1.32. The molecule has 9 heavy (non-hydrogen) atoms. The standard InChI is InChI=1S/C5H5N2O2/c8-5(9)1-4-2-6-7-3-4/h2H,1H2,(H,6,7)(H,8,9). The molecule has 0 fully saturated rings. The molecule has 0 aliphatic heterocycles. The van der Waals surface area contributed by atoms with E-state index < -0.39 is 5.97 Å². The van der Waals surface area contributed by atoms with Crippen molar-refractivity contribution in [3.05, 3.63) is 18.0 Å². The maximum atomic E-state index is 10.0. The maximum absolute atomic E-state index is 10.0. The van der Waals surface area contributed by atoms with E-state index >= 15 is 0 Å². The van der Waals surface area contributed by atoms with Gasteiger partial charge in [-0.25, -0.2) is 0 Å². The third-order valence-corrected chi connectivity index (χ3v) is 0.845. The van der Waals surface area contributed by atoms with Crippen molar-refractivity contribution in [3.63, 3.8) is 0 Å². The molecule has 0 aliphatic rings. The molecule has 1 heterocycles. The topological polar surface area (TPSA) is 66.0 Å². The summed E-state index contributed by atoms with van der Waals surface area (Å²) in [7, 11) is 0. The lowest BCUT2D eigenvalue weighted by molar-refractivity contribution is -0.136.